The molecule has 2 aromatic rings. The smallest absolute Gasteiger partial charge is 0.227 e. The van der Waals surface area contributed by atoms with E-state index >= 15 is 0 Å². The normalized spacial score (nSPS) is 15.4. The fourth-order valence-corrected chi connectivity index (χ4v) is 2.45. The standard InChI is InChI=1S/C14H19N5O/c1-18-13(11-3-5-12(20-2)6-4-11)16-17-14(18)19-9-7-15-8-10-19/h3-6,15H,7-10H2,1-2H3. The molecule has 1 aliphatic rings. The Bertz CT molecular complexity index is 572. The van der Waals surface area contributed by atoms with E-state index < -0.39 is 0 Å². The Morgan fingerprint density at radius 2 is 1.80 bits per heavy atom. The summed E-state index contributed by atoms with van der Waals surface area (Å²) in [7, 11) is 3.68. The van der Waals surface area contributed by atoms with Gasteiger partial charge in [-0.1, -0.05) is 0 Å². The number of hydrogen-bond donors (Lipinski definition) is 1. The van der Waals surface area contributed by atoms with Gasteiger partial charge in [0.1, 0.15) is 5.75 Å². The van der Waals surface area contributed by atoms with E-state index in [1.54, 1.807) is 7.11 Å². The van der Waals surface area contributed by atoms with Gasteiger partial charge in [-0.15, -0.1) is 10.2 Å². The Morgan fingerprint density at radius 3 is 2.45 bits per heavy atom. The lowest BCUT2D eigenvalue weighted by atomic mass is 10.2. The zero-order valence-corrected chi connectivity index (χ0v) is 11.8. The molecule has 2 heterocycles. The first-order valence-electron chi connectivity index (χ1n) is 6.79. The molecule has 106 valence electrons. The van der Waals surface area contributed by atoms with E-state index in [1.165, 1.54) is 0 Å². The fourth-order valence-electron chi connectivity index (χ4n) is 2.45. The average Bonchev–Trinajstić information content (AvgIpc) is 2.90. The minimum Gasteiger partial charge on any atom is -0.497 e. The number of rotatable bonds is 3. The molecule has 6 heteroatoms. The highest BCUT2D eigenvalue weighted by molar-refractivity contribution is 5.58. The van der Waals surface area contributed by atoms with Crippen molar-refractivity contribution in [2.75, 3.05) is 38.2 Å². The SMILES string of the molecule is COc1ccc(-c2nnc(N3CCNCC3)n2C)cc1. The first-order valence-corrected chi connectivity index (χ1v) is 6.79. The molecule has 1 N–H and O–H groups in total. The molecule has 0 atom stereocenters. The first-order chi connectivity index (χ1) is 9.79. The van der Waals surface area contributed by atoms with Crippen LogP contribution in [0.5, 0.6) is 5.75 Å². The molecule has 0 unspecified atom stereocenters. The van der Waals surface area contributed by atoms with E-state index in [-0.39, 0.29) is 0 Å². The van der Waals surface area contributed by atoms with Crippen molar-refractivity contribution in [2.24, 2.45) is 7.05 Å². The van der Waals surface area contributed by atoms with Crippen LogP contribution in [-0.4, -0.2) is 48.1 Å². The van der Waals surface area contributed by atoms with E-state index in [1.807, 2.05) is 35.9 Å². The van der Waals surface area contributed by atoms with Crippen molar-refractivity contribution in [1.82, 2.24) is 20.1 Å². The van der Waals surface area contributed by atoms with Crippen LogP contribution in [0.4, 0.5) is 5.95 Å². The minimum absolute atomic E-state index is 0.846. The van der Waals surface area contributed by atoms with Gasteiger partial charge in [0, 0.05) is 38.8 Å². The van der Waals surface area contributed by atoms with Crippen LogP contribution < -0.4 is 15.0 Å². The van der Waals surface area contributed by atoms with Gasteiger partial charge in [-0.25, -0.2) is 0 Å². The predicted octanol–water partition coefficient (Wildman–Crippen LogP) is 0.900. The Morgan fingerprint density at radius 1 is 1.10 bits per heavy atom. The molecule has 0 radical (unpaired) electrons. The van der Waals surface area contributed by atoms with Gasteiger partial charge >= 0.3 is 0 Å². The van der Waals surface area contributed by atoms with Crippen LogP contribution in [0.25, 0.3) is 11.4 Å². The molecule has 1 aromatic heterocycles. The van der Waals surface area contributed by atoms with Crippen LogP contribution >= 0.6 is 0 Å². The molecule has 6 nitrogen and oxygen atoms in total. The summed E-state index contributed by atoms with van der Waals surface area (Å²) >= 11 is 0. The third kappa shape index (κ3) is 2.34. The molecule has 1 aliphatic heterocycles. The molecule has 1 fully saturated rings. The number of nitrogens with one attached hydrogen (secondary N) is 1. The minimum atomic E-state index is 0.846. The van der Waals surface area contributed by atoms with E-state index in [9.17, 15) is 0 Å². The van der Waals surface area contributed by atoms with Gasteiger partial charge in [0.05, 0.1) is 7.11 Å². The van der Waals surface area contributed by atoms with Gasteiger partial charge in [0.2, 0.25) is 5.95 Å². The molecule has 0 spiro atoms. The summed E-state index contributed by atoms with van der Waals surface area (Å²) in [5.74, 6) is 2.65. The highest BCUT2D eigenvalue weighted by atomic mass is 16.5. The number of benzene rings is 1. The average molecular weight is 273 g/mol. The number of hydrogen-bond acceptors (Lipinski definition) is 5. The monoisotopic (exact) mass is 273 g/mol. The zero-order chi connectivity index (χ0) is 13.9. The molecule has 1 aromatic carbocycles. The lowest BCUT2D eigenvalue weighted by molar-refractivity contribution is 0.415. The van der Waals surface area contributed by atoms with Gasteiger partial charge in [-0.05, 0) is 24.3 Å². The maximum absolute atomic E-state index is 5.18. The summed E-state index contributed by atoms with van der Waals surface area (Å²) in [6.45, 7) is 3.92. The molecule has 0 aliphatic carbocycles. The summed E-state index contributed by atoms with van der Waals surface area (Å²) in [6.07, 6.45) is 0. The number of nitrogens with zero attached hydrogens (tertiary/aromatic N) is 4. The molecule has 0 bridgehead atoms. The van der Waals surface area contributed by atoms with Crippen molar-refractivity contribution in [3.63, 3.8) is 0 Å². The van der Waals surface area contributed by atoms with Crippen LogP contribution in [0.1, 0.15) is 0 Å². The summed E-state index contributed by atoms with van der Waals surface area (Å²) in [5, 5.41) is 12.0. The van der Waals surface area contributed by atoms with Gasteiger partial charge < -0.3 is 15.0 Å². The number of aromatic nitrogens is 3. The Labute approximate surface area is 118 Å². The van der Waals surface area contributed by atoms with Crippen molar-refractivity contribution < 1.29 is 4.74 Å². The van der Waals surface area contributed by atoms with Gasteiger partial charge in [-0.3, -0.25) is 4.57 Å². The van der Waals surface area contributed by atoms with Crippen LogP contribution in [0.2, 0.25) is 0 Å². The van der Waals surface area contributed by atoms with Crippen LogP contribution in [0.15, 0.2) is 24.3 Å². The maximum atomic E-state index is 5.18. The lowest BCUT2D eigenvalue weighted by Crippen LogP contribution is -2.44. The summed E-state index contributed by atoms with van der Waals surface area (Å²) in [6, 6.07) is 7.89. The quantitative estimate of drug-likeness (QED) is 0.900. The number of piperazine rings is 1. The largest absolute Gasteiger partial charge is 0.497 e. The third-order valence-corrected chi connectivity index (χ3v) is 3.60. The second-order valence-corrected chi connectivity index (χ2v) is 4.85. The fraction of sp³-hybridized carbons (Fsp3) is 0.429. The van der Waals surface area contributed by atoms with Crippen LogP contribution in [0, 0.1) is 0 Å². The van der Waals surface area contributed by atoms with E-state index in [2.05, 4.69) is 20.4 Å². The van der Waals surface area contributed by atoms with Gasteiger partial charge in [-0.2, -0.15) is 0 Å². The molecule has 0 saturated carbocycles. The van der Waals surface area contributed by atoms with E-state index in [4.69, 9.17) is 4.74 Å². The molecule has 1 saturated heterocycles. The Kier molecular flexibility index (Phi) is 3.56. The zero-order valence-electron chi connectivity index (χ0n) is 11.8. The van der Waals surface area contributed by atoms with Crippen molar-refractivity contribution in [3.8, 4) is 17.1 Å². The van der Waals surface area contributed by atoms with Crippen molar-refractivity contribution in [2.45, 2.75) is 0 Å². The summed E-state index contributed by atoms with van der Waals surface area (Å²) in [4.78, 5) is 2.26. The van der Waals surface area contributed by atoms with Crippen molar-refractivity contribution >= 4 is 5.95 Å². The highest BCUT2D eigenvalue weighted by Crippen LogP contribution is 2.23. The van der Waals surface area contributed by atoms with Gasteiger partial charge in [0.25, 0.3) is 0 Å². The Balaban J connectivity index is 1.88. The number of methoxy groups -OCH3 is 1. The Hall–Kier alpha value is -2.08. The third-order valence-electron chi connectivity index (χ3n) is 3.60. The van der Waals surface area contributed by atoms with Crippen LogP contribution in [-0.2, 0) is 7.05 Å². The van der Waals surface area contributed by atoms with Crippen LogP contribution in [0.3, 0.4) is 0 Å². The highest BCUT2D eigenvalue weighted by Gasteiger charge is 2.18. The second-order valence-electron chi connectivity index (χ2n) is 4.85. The van der Waals surface area contributed by atoms with Crippen molar-refractivity contribution in [1.29, 1.82) is 0 Å². The summed E-state index contributed by atoms with van der Waals surface area (Å²) < 4.78 is 7.23. The van der Waals surface area contributed by atoms with Crippen molar-refractivity contribution in [3.05, 3.63) is 24.3 Å². The van der Waals surface area contributed by atoms with E-state index in [0.29, 0.717) is 0 Å². The topological polar surface area (TPSA) is 55.2 Å². The molecule has 3 rings (SSSR count). The lowest BCUT2D eigenvalue weighted by Gasteiger charge is -2.27. The van der Waals surface area contributed by atoms with Gasteiger partial charge in [0.15, 0.2) is 5.82 Å². The summed E-state index contributed by atoms with van der Waals surface area (Å²) in [5.41, 5.74) is 1.04. The molecule has 20 heavy (non-hydrogen) atoms. The number of ether oxygens (including phenoxy) is 1. The maximum Gasteiger partial charge on any atom is 0.227 e. The molecular weight excluding hydrogens is 254 g/mol. The number of anilines is 1. The molecule has 0 amide bonds. The predicted molar refractivity (Wildman–Crippen MR) is 78.1 cm³/mol. The van der Waals surface area contributed by atoms with E-state index in [0.717, 1.165) is 49.3 Å². The molecular formula is C14H19N5O. The second kappa shape index (κ2) is 5.50. The first kappa shape index (κ1) is 12.9.